The summed E-state index contributed by atoms with van der Waals surface area (Å²) in [5.74, 6) is 0.773. The predicted molar refractivity (Wildman–Crippen MR) is 67.2 cm³/mol. The Balaban J connectivity index is 2.31. The van der Waals surface area contributed by atoms with Crippen LogP contribution in [-0.2, 0) is 6.61 Å². The predicted octanol–water partition coefficient (Wildman–Crippen LogP) is 3.18. The van der Waals surface area contributed by atoms with Crippen LogP contribution in [0.4, 0.5) is 0 Å². The third kappa shape index (κ3) is 2.94. The van der Waals surface area contributed by atoms with Crippen molar-refractivity contribution in [1.82, 2.24) is 9.97 Å². The van der Waals surface area contributed by atoms with Gasteiger partial charge in [0.1, 0.15) is 12.1 Å². The van der Waals surface area contributed by atoms with E-state index < -0.39 is 0 Å². The van der Waals surface area contributed by atoms with Crippen LogP contribution < -0.4 is 4.74 Å². The zero-order valence-corrected chi connectivity index (χ0v) is 10.9. The summed E-state index contributed by atoms with van der Waals surface area (Å²) in [6, 6.07) is 5.24. The average molecular weight is 316 g/mol. The van der Waals surface area contributed by atoms with Crippen LogP contribution in [0.25, 0.3) is 0 Å². The molecule has 0 saturated heterocycles. The fraction of sp³-hybridized carbons (Fsp3) is 0.0909. The molecule has 0 aliphatic carbocycles. The second kappa shape index (κ2) is 5.44. The van der Waals surface area contributed by atoms with Crippen LogP contribution in [0.15, 0.2) is 35.2 Å². The molecule has 0 aliphatic heterocycles. The fourth-order valence-electron chi connectivity index (χ4n) is 1.21. The van der Waals surface area contributed by atoms with Gasteiger partial charge >= 0.3 is 0 Å². The lowest BCUT2D eigenvalue weighted by Gasteiger charge is -2.09. The second-order valence-corrected chi connectivity index (χ2v) is 4.51. The number of hydrogen-bond acceptors (Lipinski definition) is 4. The van der Waals surface area contributed by atoms with E-state index in [9.17, 15) is 0 Å². The Bertz CT molecular complexity index is 537. The molecular weight excluding hydrogens is 307 g/mol. The molecule has 0 saturated carbocycles. The van der Waals surface area contributed by atoms with Gasteiger partial charge in [0, 0.05) is 10.7 Å². The molecule has 0 unspecified atom stereocenters. The van der Waals surface area contributed by atoms with Gasteiger partial charge in [0.15, 0.2) is 0 Å². The molecular formula is C11H8BrClN2O2. The van der Waals surface area contributed by atoms with Crippen LogP contribution >= 0.6 is 27.5 Å². The summed E-state index contributed by atoms with van der Waals surface area (Å²) in [4.78, 5) is 7.75. The average Bonchev–Trinajstić information content (AvgIpc) is 2.33. The Kier molecular flexibility index (Phi) is 3.93. The monoisotopic (exact) mass is 314 g/mol. The highest BCUT2D eigenvalue weighted by atomic mass is 79.9. The minimum atomic E-state index is -0.190. The van der Waals surface area contributed by atoms with Gasteiger partial charge in [0.2, 0.25) is 5.88 Å². The zero-order chi connectivity index (χ0) is 12.3. The molecule has 17 heavy (non-hydrogen) atoms. The molecule has 0 aliphatic rings. The van der Waals surface area contributed by atoms with Crippen molar-refractivity contribution in [3.8, 4) is 11.6 Å². The number of hydrogen-bond donors (Lipinski definition) is 1. The summed E-state index contributed by atoms with van der Waals surface area (Å²) >= 11 is 9.32. The minimum absolute atomic E-state index is 0.190. The molecule has 1 heterocycles. The van der Waals surface area contributed by atoms with E-state index in [1.54, 1.807) is 18.2 Å². The number of benzene rings is 1. The molecule has 6 heteroatoms. The van der Waals surface area contributed by atoms with Crippen molar-refractivity contribution >= 4 is 27.5 Å². The number of rotatable bonds is 3. The van der Waals surface area contributed by atoms with E-state index in [0.717, 1.165) is 4.47 Å². The third-order valence-corrected chi connectivity index (χ3v) is 2.81. The standard InChI is InChI=1S/C11H8BrClN2O2/c12-8-1-2-10(9(13)3-8)17-11-7(5-16)4-14-6-15-11/h1-4,6,16H,5H2. The first-order chi connectivity index (χ1) is 8.20. The lowest BCUT2D eigenvalue weighted by atomic mass is 10.3. The Hall–Kier alpha value is -1.17. The third-order valence-electron chi connectivity index (χ3n) is 2.02. The normalized spacial score (nSPS) is 10.3. The van der Waals surface area contributed by atoms with E-state index in [0.29, 0.717) is 22.2 Å². The molecule has 0 amide bonds. The van der Waals surface area contributed by atoms with Gasteiger partial charge < -0.3 is 9.84 Å². The van der Waals surface area contributed by atoms with Gasteiger partial charge in [-0.2, -0.15) is 0 Å². The molecule has 0 fully saturated rings. The molecule has 1 aromatic carbocycles. The molecule has 0 atom stereocenters. The number of nitrogens with zero attached hydrogens (tertiary/aromatic N) is 2. The van der Waals surface area contributed by atoms with Gasteiger partial charge in [0.05, 0.1) is 17.2 Å². The molecule has 0 spiro atoms. The number of ether oxygens (including phenoxy) is 1. The number of aromatic nitrogens is 2. The van der Waals surface area contributed by atoms with Crippen molar-refractivity contribution in [2.24, 2.45) is 0 Å². The van der Waals surface area contributed by atoms with Crippen molar-refractivity contribution in [3.05, 3.63) is 45.8 Å². The van der Waals surface area contributed by atoms with E-state index in [4.69, 9.17) is 21.4 Å². The van der Waals surface area contributed by atoms with Gasteiger partial charge in [-0.15, -0.1) is 0 Å². The lowest BCUT2D eigenvalue weighted by molar-refractivity contribution is 0.274. The highest BCUT2D eigenvalue weighted by Gasteiger charge is 2.08. The molecule has 0 radical (unpaired) electrons. The molecule has 1 N–H and O–H groups in total. The van der Waals surface area contributed by atoms with Gasteiger partial charge in [-0.05, 0) is 18.2 Å². The molecule has 1 aromatic heterocycles. The Labute approximate surface area is 111 Å². The van der Waals surface area contributed by atoms with Crippen LogP contribution in [0, 0.1) is 0 Å². The lowest BCUT2D eigenvalue weighted by Crippen LogP contribution is -1.96. The smallest absolute Gasteiger partial charge is 0.227 e. The van der Waals surface area contributed by atoms with Gasteiger partial charge in [-0.25, -0.2) is 9.97 Å². The number of aliphatic hydroxyl groups is 1. The minimum Gasteiger partial charge on any atom is -0.437 e. The van der Waals surface area contributed by atoms with Crippen LogP contribution in [0.2, 0.25) is 5.02 Å². The van der Waals surface area contributed by atoms with Crippen molar-refractivity contribution in [2.45, 2.75) is 6.61 Å². The van der Waals surface area contributed by atoms with E-state index in [1.165, 1.54) is 12.5 Å². The summed E-state index contributed by atoms with van der Waals surface area (Å²) in [5, 5.41) is 9.57. The maximum absolute atomic E-state index is 9.11. The maximum atomic E-state index is 9.11. The molecule has 0 bridgehead atoms. The van der Waals surface area contributed by atoms with E-state index in [-0.39, 0.29) is 6.61 Å². The van der Waals surface area contributed by atoms with Gasteiger partial charge in [-0.3, -0.25) is 0 Å². The Morgan fingerprint density at radius 2 is 2.24 bits per heavy atom. The van der Waals surface area contributed by atoms with Crippen LogP contribution in [0.3, 0.4) is 0 Å². The van der Waals surface area contributed by atoms with Crippen molar-refractivity contribution < 1.29 is 9.84 Å². The summed E-state index contributed by atoms with van der Waals surface area (Å²) in [6.45, 7) is -0.190. The summed E-state index contributed by atoms with van der Waals surface area (Å²) in [5.41, 5.74) is 0.506. The highest BCUT2D eigenvalue weighted by Crippen LogP contribution is 2.31. The number of aliphatic hydroxyl groups excluding tert-OH is 1. The topological polar surface area (TPSA) is 55.2 Å². The summed E-state index contributed by atoms with van der Waals surface area (Å²) in [6.07, 6.45) is 2.84. The van der Waals surface area contributed by atoms with Crippen LogP contribution in [0.5, 0.6) is 11.6 Å². The molecule has 2 rings (SSSR count). The first-order valence-electron chi connectivity index (χ1n) is 4.73. The largest absolute Gasteiger partial charge is 0.437 e. The van der Waals surface area contributed by atoms with Gasteiger partial charge in [0.25, 0.3) is 0 Å². The SMILES string of the molecule is OCc1cncnc1Oc1ccc(Br)cc1Cl. The van der Waals surface area contributed by atoms with Crippen molar-refractivity contribution in [2.75, 3.05) is 0 Å². The van der Waals surface area contributed by atoms with E-state index in [2.05, 4.69) is 25.9 Å². The molecule has 88 valence electrons. The van der Waals surface area contributed by atoms with Crippen molar-refractivity contribution in [1.29, 1.82) is 0 Å². The van der Waals surface area contributed by atoms with E-state index in [1.807, 2.05) is 0 Å². The Morgan fingerprint density at radius 3 is 2.94 bits per heavy atom. The number of halogens is 2. The van der Waals surface area contributed by atoms with Gasteiger partial charge in [-0.1, -0.05) is 27.5 Å². The van der Waals surface area contributed by atoms with Crippen LogP contribution in [-0.4, -0.2) is 15.1 Å². The van der Waals surface area contributed by atoms with Crippen molar-refractivity contribution in [3.63, 3.8) is 0 Å². The van der Waals surface area contributed by atoms with E-state index >= 15 is 0 Å². The first-order valence-corrected chi connectivity index (χ1v) is 5.90. The zero-order valence-electron chi connectivity index (χ0n) is 8.60. The maximum Gasteiger partial charge on any atom is 0.227 e. The fourth-order valence-corrected chi connectivity index (χ4v) is 1.92. The van der Waals surface area contributed by atoms with Crippen LogP contribution in [0.1, 0.15) is 5.56 Å². The Morgan fingerprint density at radius 1 is 1.41 bits per heavy atom. The summed E-state index contributed by atoms with van der Waals surface area (Å²) in [7, 11) is 0. The summed E-state index contributed by atoms with van der Waals surface area (Å²) < 4.78 is 6.38. The quantitative estimate of drug-likeness (QED) is 0.945. The first kappa shape index (κ1) is 12.3. The second-order valence-electron chi connectivity index (χ2n) is 3.19. The highest BCUT2D eigenvalue weighted by molar-refractivity contribution is 9.10. The molecule has 4 nitrogen and oxygen atoms in total. The molecule has 2 aromatic rings.